The summed E-state index contributed by atoms with van der Waals surface area (Å²) in [5, 5.41) is 11.4. The SMILES string of the molecule is O=C(O)c1ccc(NC(=O)C2C3C4CCC(C4)C23)c(F)c1. The molecule has 4 nitrogen and oxygen atoms in total. The molecular formula is C16H16FNO3. The van der Waals surface area contributed by atoms with E-state index in [4.69, 9.17) is 5.11 Å². The van der Waals surface area contributed by atoms with Crippen LogP contribution in [0.25, 0.3) is 0 Å². The summed E-state index contributed by atoms with van der Waals surface area (Å²) in [5.41, 5.74) is -0.0471. The lowest BCUT2D eigenvalue weighted by Gasteiger charge is -2.10. The van der Waals surface area contributed by atoms with Crippen molar-refractivity contribution < 1.29 is 19.1 Å². The highest BCUT2D eigenvalue weighted by atomic mass is 19.1. The fraction of sp³-hybridized carbons (Fsp3) is 0.500. The molecule has 4 rings (SSSR count). The molecule has 1 aromatic carbocycles. The summed E-state index contributed by atoms with van der Waals surface area (Å²) in [6, 6.07) is 3.57. The number of carbonyl (C=O) groups is 2. The Hall–Kier alpha value is -1.91. The molecule has 0 radical (unpaired) electrons. The molecule has 110 valence electrons. The summed E-state index contributed by atoms with van der Waals surface area (Å²) in [6.07, 6.45) is 3.73. The molecule has 0 spiro atoms. The van der Waals surface area contributed by atoms with Crippen LogP contribution < -0.4 is 5.32 Å². The highest BCUT2D eigenvalue weighted by Gasteiger charge is 2.67. The fourth-order valence-corrected chi connectivity index (χ4v) is 4.64. The smallest absolute Gasteiger partial charge is 0.335 e. The first kappa shape index (κ1) is 12.8. The van der Waals surface area contributed by atoms with Crippen molar-refractivity contribution in [3.63, 3.8) is 0 Å². The number of anilines is 1. The Morgan fingerprint density at radius 3 is 2.43 bits per heavy atom. The minimum absolute atomic E-state index is 0.0369. The molecule has 2 N–H and O–H groups in total. The van der Waals surface area contributed by atoms with Crippen LogP contribution in [0.15, 0.2) is 18.2 Å². The lowest BCUT2D eigenvalue weighted by Crippen LogP contribution is -2.19. The zero-order valence-electron chi connectivity index (χ0n) is 11.4. The molecule has 3 saturated carbocycles. The van der Waals surface area contributed by atoms with E-state index in [1.54, 1.807) is 0 Å². The highest BCUT2D eigenvalue weighted by molar-refractivity contribution is 5.96. The number of nitrogens with one attached hydrogen (secondary N) is 1. The third-order valence-electron chi connectivity index (χ3n) is 5.51. The van der Waals surface area contributed by atoms with Gasteiger partial charge in [0, 0.05) is 5.92 Å². The van der Waals surface area contributed by atoms with Crippen molar-refractivity contribution in [1.29, 1.82) is 0 Å². The van der Waals surface area contributed by atoms with Crippen molar-refractivity contribution in [3.05, 3.63) is 29.6 Å². The largest absolute Gasteiger partial charge is 0.478 e. The lowest BCUT2D eigenvalue weighted by atomic mass is 10.0. The molecule has 0 aliphatic heterocycles. The Morgan fingerprint density at radius 1 is 1.19 bits per heavy atom. The zero-order valence-corrected chi connectivity index (χ0v) is 11.4. The average Bonchev–Trinajstić information content (AvgIpc) is 2.89. The summed E-state index contributed by atoms with van der Waals surface area (Å²) in [4.78, 5) is 23.0. The van der Waals surface area contributed by atoms with Gasteiger partial charge in [-0.05, 0) is 61.1 Å². The third-order valence-corrected chi connectivity index (χ3v) is 5.51. The number of halogens is 1. The van der Waals surface area contributed by atoms with Gasteiger partial charge < -0.3 is 10.4 Å². The number of fused-ring (bicyclic) bond motifs is 5. The number of carboxylic acids is 1. The van der Waals surface area contributed by atoms with Gasteiger partial charge in [0.25, 0.3) is 0 Å². The van der Waals surface area contributed by atoms with E-state index in [0.29, 0.717) is 23.7 Å². The van der Waals surface area contributed by atoms with E-state index >= 15 is 0 Å². The quantitative estimate of drug-likeness (QED) is 0.899. The minimum Gasteiger partial charge on any atom is -0.478 e. The predicted molar refractivity (Wildman–Crippen MR) is 73.3 cm³/mol. The normalized spacial score (nSPS) is 35.4. The maximum absolute atomic E-state index is 13.8. The molecule has 3 fully saturated rings. The molecular weight excluding hydrogens is 273 g/mol. The Kier molecular flexibility index (Phi) is 2.62. The monoisotopic (exact) mass is 289 g/mol. The van der Waals surface area contributed by atoms with Crippen molar-refractivity contribution >= 4 is 17.6 Å². The van der Waals surface area contributed by atoms with Crippen LogP contribution in [-0.2, 0) is 4.79 Å². The van der Waals surface area contributed by atoms with Gasteiger partial charge in [0.2, 0.25) is 5.91 Å². The van der Waals surface area contributed by atoms with Crippen LogP contribution in [0.4, 0.5) is 10.1 Å². The Balaban J connectivity index is 1.47. The van der Waals surface area contributed by atoms with Gasteiger partial charge in [0.1, 0.15) is 5.82 Å². The Morgan fingerprint density at radius 2 is 1.86 bits per heavy atom. The summed E-state index contributed by atoms with van der Waals surface area (Å²) in [6.45, 7) is 0. The summed E-state index contributed by atoms with van der Waals surface area (Å²) in [5.74, 6) is 0.440. The second-order valence-electron chi connectivity index (χ2n) is 6.50. The van der Waals surface area contributed by atoms with Gasteiger partial charge in [-0.2, -0.15) is 0 Å². The van der Waals surface area contributed by atoms with Gasteiger partial charge in [0.05, 0.1) is 11.3 Å². The molecule has 4 unspecified atom stereocenters. The topological polar surface area (TPSA) is 66.4 Å². The van der Waals surface area contributed by atoms with Gasteiger partial charge in [0.15, 0.2) is 0 Å². The highest BCUT2D eigenvalue weighted by Crippen LogP contribution is 2.69. The van der Waals surface area contributed by atoms with E-state index in [9.17, 15) is 14.0 Å². The summed E-state index contributed by atoms with van der Waals surface area (Å²) >= 11 is 0. The number of benzene rings is 1. The van der Waals surface area contributed by atoms with Gasteiger partial charge in [-0.1, -0.05) is 0 Å². The summed E-state index contributed by atoms with van der Waals surface area (Å²) < 4.78 is 13.8. The second-order valence-corrected chi connectivity index (χ2v) is 6.50. The first-order valence-corrected chi connectivity index (χ1v) is 7.40. The zero-order chi connectivity index (χ0) is 14.7. The van der Waals surface area contributed by atoms with Crippen LogP contribution in [0.3, 0.4) is 0 Å². The van der Waals surface area contributed by atoms with Crippen LogP contribution in [0.1, 0.15) is 29.6 Å². The van der Waals surface area contributed by atoms with Gasteiger partial charge in [-0.15, -0.1) is 0 Å². The number of carboxylic acid groups (broad SMARTS) is 1. The first-order valence-electron chi connectivity index (χ1n) is 7.40. The van der Waals surface area contributed by atoms with Crippen molar-refractivity contribution in [3.8, 4) is 0 Å². The van der Waals surface area contributed by atoms with Crippen LogP contribution in [-0.4, -0.2) is 17.0 Å². The van der Waals surface area contributed by atoms with Crippen molar-refractivity contribution in [2.75, 3.05) is 5.32 Å². The van der Waals surface area contributed by atoms with E-state index in [1.165, 1.54) is 31.4 Å². The number of carbonyl (C=O) groups excluding carboxylic acids is 1. The lowest BCUT2D eigenvalue weighted by molar-refractivity contribution is -0.118. The molecule has 3 aliphatic carbocycles. The molecule has 0 heterocycles. The number of hydrogen-bond donors (Lipinski definition) is 2. The van der Waals surface area contributed by atoms with Crippen molar-refractivity contribution in [2.24, 2.45) is 29.6 Å². The first-order chi connectivity index (χ1) is 10.1. The number of hydrogen-bond acceptors (Lipinski definition) is 2. The average molecular weight is 289 g/mol. The predicted octanol–water partition coefficient (Wildman–Crippen LogP) is 2.75. The standard InChI is InChI=1S/C16H16FNO3/c17-10-6-9(16(20)21)3-4-11(10)18-15(19)14-12-7-1-2-8(5-7)13(12)14/h3-4,6-8,12-14H,1-2,5H2,(H,18,19)(H,20,21). The Labute approximate surface area is 121 Å². The van der Waals surface area contributed by atoms with Crippen molar-refractivity contribution in [2.45, 2.75) is 19.3 Å². The van der Waals surface area contributed by atoms with Gasteiger partial charge >= 0.3 is 5.97 Å². The van der Waals surface area contributed by atoms with Crippen LogP contribution >= 0.6 is 0 Å². The van der Waals surface area contributed by atoms with Gasteiger partial charge in [-0.3, -0.25) is 4.79 Å². The molecule has 0 saturated heterocycles. The number of rotatable bonds is 3. The van der Waals surface area contributed by atoms with Crippen LogP contribution in [0.2, 0.25) is 0 Å². The van der Waals surface area contributed by atoms with Crippen molar-refractivity contribution in [1.82, 2.24) is 0 Å². The second kappa shape index (κ2) is 4.29. The number of aromatic carboxylic acids is 1. The summed E-state index contributed by atoms with van der Waals surface area (Å²) in [7, 11) is 0. The minimum atomic E-state index is -1.18. The Bertz CT molecular complexity index is 628. The molecule has 5 heteroatoms. The molecule has 21 heavy (non-hydrogen) atoms. The van der Waals surface area contributed by atoms with E-state index in [0.717, 1.165) is 6.07 Å². The molecule has 1 aromatic rings. The molecule has 1 amide bonds. The molecule has 3 aliphatic rings. The number of amides is 1. The van der Waals surface area contributed by atoms with Crippen LogP contribution in [0.5, 0.6) is 0 Å². The van der Waals surface area contributed by atoms with E-state index in [-0.39, 0.29) is 23.1 Å². The van der Waals surface area contributed by atoms with Gasteiger partial charge in [-0.25, -0.2) is 9.18 Å². The third kappa shape index (κ3) is 1.87. The van der Waals surface area contributed by atoms with E-state index in [1.807, 2.05) is 0 Å². The van der Waals surface area contributed by atoms with E-state index < -0.39 is 11.8 Å². The maximum Gasteiger partial charge on any atom is 0.335 e. The molecule has 4 atom stereocenters. The van der Waals surface area contributed by atoms with E-state index in [2.05, 4.69) is 5.32 Å². The van der Waals surface area contributed by atoms with Crippen LogP contribution in [0, 0.1) is 35.4 Å². The fourth-order valence-electron chi connectivity index (χ4n) is 4.64. The maximum atomic E-state index is 13.8. The molecule has 0 aromatic heterocycles. The molecule has 2 bridgehead atoms.